The molecule has 0 atom stereocenters. The summed E-state index contributed by atoms with van der Waals surface area (Å²) in [5, 5.41) is 4.82. The Bertz CT molecular complexity index is 815. The molecular weight excluding hydrogens is 359 g/mol. The van der Waals surface area contributed by atoms with Gasteiger partial charge >= 0.3 is 0 Å². The third-order valence-corrected chi connectivity index (χ3v) is 3.76. The quantitative estimate of drug-likeness (QED) is 0.741. The Labute approximate surface area is 155 Å². The molecule has 27 heavy (non-hydrogen) atoms. The number of carbonyl (C=O) groups is 2. The molecule has 144 valence electrons. The van der Waals surface area contributed by atoms with Crippen molar-refractivity contribution < 1.29 is 22.8 Å². The summed E-state index contributed by atoms with van der Waals surface area (Å²) in [5.41, 5.74) is 0.829. The number of likely N-dealkylation sites (N-methyl/N-ethyl adjacent to an activating group) is 1. The highest BCUT2D eigenvalue weighted by Crippen LogP contribution is 2.12. The summed E-state index contributed by atoms with van der Waals surface area (Å²) in [5.74, 6) is -3.38. The molecule has 0 aliphatic heterocycles. The SMILES string of the molecule is CCN(CC(=O)NCC(=O)Nc1ccc(F)c(F)c1)Cc1cccc(F)c1. The zero-order chi connectivity index (χ0) is 19.8. The van der Waals surface area contributed by atoms with E-state index < -0.39 is 17.5 Å². The Kier molecular flexibility index (Phi) is 7.36. The number of benzene rings is 2. The number of amides is 2. The summed E-state index contributed by atoms with van der Waals surface area (Å²) in [6.45, 7) is 2.54. The molecule has 2 rings (SSSR count). The van der Waals surface area contributed by atoms with Crippen LogP contribution in [-0.2, 0) is 16.1 Å². The summed E-state index contributed by atoms with van der Waals surface area (Å²) in [6.07, 6.45) is 0. The maximum atomic E-state index is 13.2. The van der Waals surface area contributed by atoms with E-state index in [2.05, 4.69) is 10.6 Å². The van der Waals surface area contributed by atoms with Crippen LogP contribution in [-0.4, -0.2) is 36.3 Å². The summed E-state index contributed by atoms with van der Waals surface area (Å²) >= 11 is 0. The molecule has 0 spiro atoms. The van der Waals surface area contributed by atoms with E-state index in [0.717, 1.165) is 17.7 Å². The lowest BCUT2D eigenvalue weighted by atomic mass is 10.2. The first kappa shape index (κ1) is 20.4. The minimum atomic E-state index is -1.08. The van der Waals surface area contributed by atoms with Crippen LogP contribution in [0.5, 0.6) is 0 Å². The van der Waals surface area contributed by atoms with Gasteiger partial charge in [-0.2, -0.15) is 0 Å². The molecule has 8 heteroatoms. The Balaban J connectivity index is 1.79. The lowest BCUT2D eigenvalue weighted by Gasteiger charge is -2.20. The van der Waals surface area contributed by atoms with Gasteiger partial charge in [0, 0.05) is 18.3 Å². The molecule has 0 aliphatic rings. The molecule has 0 bridgehead atoms. The molecule has 0 heterocycles. The first-order chi connectivity index (χ1) is 12.9. The van der Waals surface area contributed by atoms with Gasteiger partial charge in [0.15, 0.2) is 11.6 Å². The van der Waals surface area contributed by atoms with E-state index in [9.17, 15) is 22.8 Å². The van der Waals surface area contributed by atoms with E-state index in [1.54, 1.807) is 17.0 Å². The highest BCUT2D eigenvalue weighted by Gasteiger charge is 2.12. The van der Waals surface area contributed by atoms with Gasteiger partial charge in [0.1, 0.15) is 5.82 Å². The summed E-state index contributed by atoms with van der Waals surface area (Å²) in [7, 11) is 0. The average molecular weight is 379 g/mol. The monoisotopic (exact) mass is 379 g/mol. The van der Waals surface area contributed by atoms with Gasteiger partial charge in [-0.05, 0) is 36.4 Å². The Hall–Kier alpha value is -2.87. The fraction of sp³-hybridized carbons (Fsp3) is 0.263. The van der Waals surface area contributed by atoms with E-state index in [1.807, 2.05) is 6.92 Å². The molecular formula is C19H20F3N3O2. The summed E-state index contributed by atoms with van der Waals surface area (Å²) in [4.78, 5) is 25.6. The topological polar surface area (TPSA) is 61.4 Å². The number of hydrogen-bond acceptors (Lipinski definition) is 3. The molecule has 5 nitrogen and oxygen atoms in total. The van der Waals surface area contributed by atoms with Gasteiger partial charge in [0.25, 0.3) is 0 Å². The van der Waals surface area contributed by atoms with Crippen LogP contribution in [0.25, 0.3) is 0 Å². The van der Waals surface area contributed by atoms with Gasteiger partial charge in [0.05, 0.1) is 13.1 Å². The smallest absolute Gasteiger partial charge is 0.243 e. The first-order valence-electron chi connectivity index (χ1n) is 8.35. The number of anilines is 1. The molecule has 0 aliphatic carbocycles. The second kappa shape index (κ2) is 9.72. The molecule has 2 aromatic carbocycles. The second-order valence-electron chi connectivity index (χ2n) is 5.89. The highest BCUT2D eigenvalue weighted by molar-refractivity contribution is 5.94. The zero-order valence-corrected chi connectivity index (χ0v) is 14.8. The molecule has 0 unspecified atom stereocenters. The van der Waals surface area contributed by atoms with Gasteiger partial charge in [-0.15, -0.1) is 0 Å². The molecule has 0 aromatic heterocycles. The number of nitrogens with one attached hydrogen (secondary N) is 2. The molecule has 2 aromatic rings. The van der Waals surface area contributed by atoms with Crippen LogP contribution in [0.3, 0.4) is 0 Å². The number of rotatable bonds is 8. The molecule has 2 N–H and O–H groups in total. The normalized spacial score (nSPS) is 10.7. The molecule has 0 saturated carbocycles. The van der Waals surface area contributed by atoms with Crippen LogP contribution in [0, 0.1) is 17.5 Å². The van der Waals surface area contributed by atoms with E-state index >= 15 is 0 Å². The molecule has 0 fully saturated rings. The fourth-order valence-corrected chi connectivity index (χ4v) is 2.39. The molecule has 2 amide bonds. The van der Waals surface area contributed by atoms with Crippen molar-refractivity contribution in [3.63, 3.8) is 0 Å². The third-order valence-electron chi connectivity index (χ3n) is 3.76. The van der Waals surface area contributed by atoms with Crippen molar-refractivity contribution in [2.24, 2.45) is 0 Å². The van der Waals surface area contributed by atoms with Gasteiger partial charge in [-0.3, -0.25) is 14.5 Å². The Morgan fingerprint density at radius 1 is 1.00 bits per heavy atom. The van der Waals surface area contributed by atoms with E-state index in [4.69, 9.17) is 0 Å². The standard InChI is InChI=1S/C19H20F3N3O2/c1-2-25(11-13-4-3-5-14(20)8-13)12-19(27)23-10-18(26)24-15-6-7-16(21)17(22)9-15/h3-9H,2,10-12H2,1H3,(H,23,27)(H,24,26). The lowest BCUT2D eigenvalue weighted by Crippen LogP contribution is -2.40. The van der Waals surface area contributed by atoms with Crippen molar-refractivity contribution in [3.05, 3.63) is 65.5 Å². The van der Waals surface area contributed by atoms with E-state index in [-0.39, 0.29) is 30.5 Å². The highest BCUT2D eigenvalue weighted by atomic mass is 19.2. The number of carbonyl (C=O) groups excluding carboxylic acids is 2. The fourth-order valence-electron chi connectivity index (χ4n) is 2.39. The van der Waals surface area contributed by atoms with Crippen molar-refractivity contribution >= 4 is 17.5 Å². The van der Waals surface area contributed by atoms with E-state index in [1.165, 1.54) is 18.2 Å². The Morgan fingerprint density at radius 2 is 1.78 bits per heavy atom. The van der Waals surface area contributed by atoms with Crippen molar-refractivity contribution in [1.29, 1.82) is 0 Å². The van der Waals surface area contributed by atoms with Crippen LogP contribution in [0.1, 0.15) is 12.5 Å². The average Bonchev–Trinajstić information content (AvgIpc) is 2.62. The summed E-state index contributed by atoms with van der Waals surface area (Å²) < 4.78 is 39.2. The third kappa shape index (κ3) is 6.74. The van der Waals surface area contributed by atoms with Crippen LogP contribution in [0.2, 0.25) is 0 Å². The van der Waals surface area contributed by atoms with Gasteiger partial charge in [-0.1, -0.05) is 19.1 Å². The summed E-state index contributed by atoms with van der Waals surface area (Å²) in [6, 6.07) is 9.08. The zero-order valence-electron chi connectivity index (χ0n) is 14.8. The number of halogens is 3. The van der Waals surface area contributed by atoms with Crippen LogP contribution >= 0.6 is 0 Å². The van der Waals surface area contributed by atoms with Crippen molar-refractivity contribution in [3.8, 4) is 0 Å². The first-order valence-corrected chi connectivity index (χ1v) is 8.35. The number of nitrogens with zero attached hydrogens (tertiary/aromatic N) is 1. The minimum absolute atomic E-state index is 0.0332. The van der Waals surface area contributed by atoms with Gasteiger partial charge < -0.3 is 10.6 Å². The van der Waals surface area contributed by atoms with Crippen LogP contribution in [0.4, 0.5) is 18.9 Å². The van der Waals surface area contributed by atoms with Gasteiger partial charge in [0.2, 0.25) is 11.8 Å². The maximum Gasteiger partial charge on any atom is 0.243 e. The molecule has 0 saturated heterocycles. The van der Waals surface area contributed by atoms with Gasteiger partial charge in [-0.25, -0.2) is 13.2 Å². The van der Waals surface area contributed by atoms with E-state index in [0.29, 0.717) is 13.1 Å². The Morgan fingerprint density at radius 3 is 2.44 bits per heavy atom. The predicted molar refractivity (Wildman–Crippen MR) is 95.3 cm³/mol. The van der Waals surface area contributed by atoms with Crippen molar-refractivity contribution in [1.82, 2.24) is 10.2 Å². The predicted octanol–water partition coefficient (Wildman–Crippen LogP) is 2.68. The van der Waals surface area contributed by atoms with Crippen molar-refractivity contribution in [2.75, 3.05) is 25.0 Å². The minimum Gasteiger partial charge on any atom is -0.346 e. The van der Waals surface area contributed by atoms with Crippen molar-refractivity contribution in [2.45, 2.75) is 13.5 Å². The molecule has 0 radical (unpaired) electrons. The maximum absolute atomic E-state index is 13.2. The van der Waals surface area contributed by atoms with Crippen LogP contribution < -0.4 is 10.6 Å². The lowest BCUT2D eigenvalue weighted by molar-refractivity contribution is -0.125. The number of hydrogen-bond donors (Lipinski definition) is 2. The second-order valence-corrected chi connectivity index (χ2v) is 5.89. The largest absolute Gasteiger partial charge is 0.346 e. The van der Waals surface area contributed by atoms with Crippen LogP contribution in [0.15, 0.2) is 42.5 Å².